The molecular formula is C14H15BrF2O3. The number of ether oxygens (including phenoxy) is 1. The van der Waals surface area contributed by atoms with Gasteiger partial charge in [0.25, 0.3) is 0 Å². The van der Waals surface area contributed by atoms with Gasteiger partial charge in [-0.25, -0.2) is 8.78 Å². The molecule has 1 aromatic carbocycles. The zero-order valence-electron chi connectivity index (χ0n) is 11.0. The topological polar surface area (TPSA) is 46.5 Å². The first kappa shape index (κ1) is 15.2. The van der Waals surface area contributed by atoms with Crippen LogP contribution in [0.2, 0.25) is 0 Å². The molecule has 0 bridgehead atoms. The molecule has 0 aliphatic heterocycles. The minimum absolute atomic E-state index is 0.0861. The molecule has 1 aliphatic rings. The van der Waals surface area contributed by atoms with Crippen molar-refractivity contribution in [2.24, 2.45) is 0 Å². The maximum absolute atomic E-state index is 14.5. The summed E-state index contributed by atoms with van der Waals surface area (Å²) >= 11 is 2.94. The smallest absolute Gasteiger partial charge is 0.314 e. The largest absolute Gasteiger partial charge is 0.493 e. The van der Waals surface area contributed by atoms with Crippen molar-refractivity contribution in [1.82, 2.24) is 0 Å². The monoisotopic (exact) mass is 348 g/mol. The summed E-state index contributed by atoms with van der Waals surface area (Å²) in [6, 6.07) is 0.954. The minimum atomic E-state index is -1.42. The highest BCUT2D eigenvalue weighted by atomic mass is 79.9. The molecule has 0 aromatic heterocycles. The first-order valence-electron chi connectivity index (χ1n) is 6.39. The van der Waals surface area contributed by atoms with Gasteiger partial charge in [-0.15, -0.1) is 0 Å². The van der Waals surface area contributed by atoms with E-state index in [2.05, 4.69) is 15.9 Å². The average Bonchev–Trinajstić information content (AvgIpc) is 2.43. The lowest BCUT2D eigenvalue weighted by atomic mass is 9.69. The number of rotatable bonds is 3. The van der Waals surface area contributed by atoms with E-state index in [0.29, 0.717) is 12.8 Å². The number of benzene rings is 1. The normalized spacial score (nSPS) is 17.8. The Labute approximate surface area is 124 Å². The van der Waals surface area contributed by atoms with Crippen molar-refractivity contribution in [2.45, 2.75) is 37.5 Å². The van der Waals surface area contributed by atoms with Gasteiger partial charge in [0.15, 0.2) is 11.6 Å². The molecule has 110 valence electrons. The van der Waals surface area contributed by atoms with Crippen molar-refractivity contribution >= 4 is 21.9 Å². The maximum atomic E-state index is 14.5. The van der Waals surface area contributed by atoms with Gasteiger partial charge in [-0.2, -0.15) is 0 Å². The third kappa shape index (κ3) is 2.30. The van der Waals surface area contributed by atoms with E-state index in [9.17, 15) is 18.7 Å². The first-order valence-corrected chi connectivity index (χ1v) is 7.18. The standard InChI is InChI=1S/C14H15BrF2O3/c1-20-12-9(16)7-8(15)11(17)10(12)14(13(18)19)5-3-2-4-6-14/h7H,2-6H2,1H3,(H,18,19). The zero-order chi connectivity index (χ0) is 14.9. The summed E-state index contributed by atoms with van der Waals surface area (Å²) < 4.78 is 33.3. The summed E-state index contributed by atoms with van der Waals surface area (Å²) in [6.07, 6.45) is 2.80. The van der Waals surface area contributed by atoms with E-state index >= 15 is 0 Å². The lowest BCUT2D eigenvalue weighted by Gasteiger charge is -2.35. The van der Waals surface area contributed by atoms with Gasteiger partial charge in [0.2, 0.25) is 0 Å². The van der Waals surface area contributed by atoms with E-state index in [1.807, 2.05) is 0 Å². The zero-order valence-corrected chi connectivity index (χ0v) is 12.6. The fourth-order valence-electron chi connectivity index (χ4n) is 2.93. The summed E-state index contributed by atoms with van der Waals surface area (Å²) in [4.78, 5) is 11.8. The van der Waals surface area contributed by atoms with Crippen molar-refractivity contribution < 1.29 is 23.4 Å². The SMILES string of the molecule is COc1c(F)cc(Br)c(F)c1C1(C(=O)O)CCCCC1. The fraction of sp³-hybridized carbons (Fsp3) is 0.500. The number of aliphatic carboxylic acids is 1. The van der Waals surface area contributed by atoms with Crippen molar-refractivity contribution in [2.75, 3.05) is 7.11 Å². The lowest BCUT2D eigenvalue weighted by Crippen LogP contribution is -2.39. The maximum Gasteiger partial charge on any atom is 0.314 e. The molecule has 0 radical (unpaired) electrons. The fourth-order valence-corrected chi connectivity index (χ4v) is 3.33. The summed E-state index contributed by atoms with van der Waals surface area (Å²) in [5, 5.41) is 9.61. The molecule has 0 amide bonds. The molecule has 1 aliphatic carbocycles. The van der Waals surface area contributed by atoms with Gasteiger partial charge in [-0.05, 0) is 34.8 Å². The molecule has 1 aromatic rings. The van der Waals surface area contributed by atoms with Crippen molar-refractivity contribution in [3.8, 4) is 5.75 Å². The van der Waals surface area contributed by atoms with Crippen LogP contribution in [0.5, 0.6) is 5.75 Å². The third-order valence-electron chi connectivity index (χ3n) is 3.93. The molecule has 6 heteroatoms. The molecule has 0 heterocycles. The highest BCUT2D eigenvalue weighted by Gasteiger charge is 2.46. The van der Waals surface area contributed by atoms with E-state index in [-0.39, 0.29) is 28.6 Å². The van der Waals surface area contributed by atoms with Crippen LogP contribution in [0.3, 0.4) is 0 Å². The molecule has 1 saturated carbocycles. The van der Waals surface area contributed by atoms with Gasteiger partial charge in [0.1, 0.15) is 5.82 Å². The molecular weight excluding hydrogens is 334 g/mol. The van der Waals surface area contributed by atoms with E-state index in [1.54, 1.807) is 0 Å². The van der Waals surface area contributed by atoms with Crippen LogP contribution in [0, 0.1) is 11.6 Å². The van der Waals surface area contributed by atoms with Crippen LogP contribution < -0.4 is 4.74 Å². The Bertz CT molecular complexity index is 540. The predicted molar refractivity (Wildman–Crippen MR) is 73.0 cm³/mol. The quantitative estimate of drug-likeness (QED) is 0.839. The number of carboxylic acid groups (broad SMARTS) is 1. The number of halogens is 3. The lowest BCUT2D eigenvalue weighted by molar-refractivity contribution is -0.145. The number of hydrogen-bond acceptors (Lipinski definition) is 2. The second-order valence-electron chi connectivity index (χ2n) is 5.01. The minimum Gasteiger partial charge on any atom is -0.493 e. The van der Waals surface area contributed by atoms with Crippen LogP contribution in [0.15, 0.2) is 10.5 Å². The van der Waals surface area contributed by atoms with Crippen molar-refractivity contribution in [1.29, 1.82) is 0 Å². The Morgan fingerprint density at radius 3 is 2.45 bits per heavy atom. The van der Waals surface area contributed by atoms with Gasteiger partial charge in [-0.1, -0.05) is 19.3 Å². The molecule has 20 heavy (non-hydrogen) atoms. The van der Waals surface area contributed by atoms with Gasteiger partial charge in [-0.3, -0.25) is 4.79 Å². The molecule has 0 unspecified atom stereocenters. The molecule has 1 fully saturated rings. The van der Waals surface area contributed by atoms with Gasteiger partial charge in [0.05, 0.1) is 22.6 Å². The molecule has 0 atom stereocenters. The Morgan fingerprint density at radius 1 is 1.35 bits per heavy atom. The Balaban J connectivity index is 2.73. The first-order chi connectivity index (χ1) is 9.44. The van der Waals surface area contributed by atoms with Crippen molar-refractivity contribution in [3.63, 3.8) is 0 Å². The summed E-state index contributed by atoms with van der Waals surface area (Å²) in [5.41, 5.74) is -1.60. The Hall–Kier alpha value is -1.17. The van der Waals surface area contributed by atoms with Crippen LogP contribution in [0.25, 0.3) is 0 Å². The number of hydrogen-bond donors (Lipinski definition) is 1. The highest BCUT2D eigenvalue weighted by Crippen LogP contribution is 2.47. The van der Waals surface area contributed by atoms with E-state index in [4.69, 9.17) is 4.74 Å². The van der Waals surface area contributed by atoms with E-state index in [1.165, 1.54) is 7.11 Å². The predicted octanol–water partition coefficient (Wildman–Crippen LogP) is 4.02. The van der Waals surface area contributed by atoms with Gasteiger partial charge in [0, 0.05) is 0 Å². The highest BCUT2D eigenvalue weighted by molar-refractivity contribution is 9.10. The number of carbonyl (C=O) groups is 1. The number of methoxy groups -OCH3 is 1. The summed E-state index contributed by atoms with van der Waals surface area (Å²) in [7, 11) is 1.22. The second kappa shape index (κ2) is 5.68. The van der Waals surface area contributed by atoms with Gasteiger partial charge < -0.3 is 9.84 Å². The average molecular weight is 349 g/mol. The summed E-state index contributed by atoms with van der Waals surface area (Å²) in [6.45, 7) is 0. The molecule has 2 rings (SSSR count). The second-order valence-corrected chi connectivity index (χ2v) is 5.86. The Morgan fingerprint density at radius 2 is 1.95 bits per heavy atom. The van der Waals surface area contributed by atoms with Crippen LogP contribution in [-0.2, 0) is 10.2 Å². The summed E-state index contributed by atoms with van der Waals surface area (Å²) in [5.74, 6) is -2.96. The third-order valence-corrected chi connectivity index (χ3v) is 4.50. The Kier molecular flexibility index (Phi) is 4.32. The van der Waals surface area contributed by atoms with E-state index < -0.39 is 23.0 Å². The van der Waals surface area contributed by atoms with E-state index in [0.717, 1.165) is 12.5 Å². The molecule has 0 saturated heterocycles. The van der Waals surface area contributed by atoms with Crippen molar-refractivity contribution in [3.05, 3.63) is 27.7 Å². The molecule has 3 nitrogen and oxygen atoms in total. The van der Waals surface area contributed by atoms with Crippen LogP contribution in [0.4, 0.5) is 8.78 Å². The number of carboxylic acids is 1. The van der Waals surface area contributed by atoms with Crippen LogP contribution in [-0.4, -0.2) is 18.2 Å². The van der Waals surface area contributed by atoms with Gasteiger partial charge >= 0.3 is 5.97 Å². The van der Waals surface area contributed by atoms with Crippen LogP contribution in [0.1, 0.15) is 37.7 Å². The molecule has 1 N–H and O–H groups in total. The van der Waals surface area contributed by atoms with Crippen LogP contribution >= 0.6 is 15.9 Å². The molecule has 0 spiro atoms.